The van der Waals surface area contributed by atoms with Crippen LogP contribution in [0.5, 0.6) is 5.75 Å². The van der Waals surface area contributed by atoms with Gasteiger partial charge in [-0.15, -0.1) is 12.4 Å². The molecule has 2 aromatic rings. The number of halogens is 1. The van der Waals surface area contributed by atoms with E-state index in [9.17, 15) is 5.11 Å². The second kappa shape index (κ2) is 8.79. The maximum Gasteiger partial charge on any atom is 0.118 e. The van der Waals surface area contributed by atoms with Gasteiger partial charge in [-0.2, -0.15) is 0 Å². The Bertz CT molecular complexity index is 545. The van der Waals surface area contributed by atoms with Crippen LogP contribution in [0.3, 0.4) is 0 Å². The van der Waals surface area contributed by atoms with Gasteiger partial charge < -0.3 is 15.2 Å². The largest absolute Gasteiger partial charge is 0.497 e. The summed E-state index contributed by atoms with van der Waals surface area (Å²) in [5.74, 6) is 0.850. The Labute approximate surface area is 138 Å². The zero-order chi connectivity index (χ0) is 15.2. The highest BCUT2D eigenvalue weighted by Crippen LogP contribution is 2.21. The van der Waals surface area contributed by atoms with Gasteiger partial charge in [0.05, 0.1) is 13.2 Å². The number of nitrogens with one attached hydrogen (secondary N) is 1. The third-order valence-electron chi connectivity index (χ3n) is 3.74. The van der Waals surface area contributed by atoms with Crippen molar-refractivity contribution < 1.29 is 9.84 Å². The van der Waals surface area contributed by atoms with Gasteiger partial charge in [0.2, 0.25) is 0 Å². The van der Waals surface area contributed by atoms with Crippen LogP contribution in [-0.4, -0.2) is 18.3 Å². The Morgan fingerprint density at radius 2 is 1.50 bits per heavy atom. The minimum atomic E-state index is -0.521. The number of rotatable bonds is 6. The lowest BCUT2D eigenvalue weighted by Crippen LogP contribution is -2.34. The standard InChI is InChI=1S/C18H23NO2.ClH/c1-13(15-9-11-17(21-3)12-10-15)19-14(2)18(20)16-7-5-4-6-8-16;/h4-14,18-20H,1-3H3;1H/t13-,14+,18+;/m0./s1. The zero-order valence-electron chi connectivity index (χ0n) is 13.2. The molecule has 0 aliphatic rings. The van der Waals surface area contributed by atoms with Crippen LogP contribution in [0.2, 0.25) is 0 Å². The molecule has 2 rings (SSSR count). The average Bonchev–Trinajstić information content (AvgIpc) is 2.55. The van der Waals surface area contributed by atoms with Gasteiger partial charge in [0.1, 0.15) is 5.75 Å². The van der Waals surface area contributed by atoms with Gasteiger partial charge in [-0.1, -0.05) is 42.5 Å². The average molecular weight is 322 g/mol. The maximum atomic E-state index is 10.4. The van der Waals surface area contributed by atoms with Gasteiger partial charge >= 0.3 is 0 Å². The number of benzene rings is 2. The van der Waals surface area contributed by atoms with E-state index >= 15 is 0 Å². The van der Waals surface area contributed by atoms with Gasteiger partial charge in [-0.25, -0.2) is 0 Å². The molecular formula is C18H24ClNO2. The first-order chi connectivity index (χ1) is 10.1. The number of aliphatic hydroxyl groups excluding tert-OH is 1. The van der Waals surface area contributed by atoms with Crippen molar-refractivity contribution in [1.82, 2.24) is 5.32 Å². The summed E-state index contributed by atoms with van der Waals surface area (Å²) in [5, 5.41) is 13.8. The number of hydrogen-bond donors (Lipinski definition) is 2. The summed E-state index contributed by atoms with van der Waals surface area (Å²) in [6.07, 6.45) is -0.521. The fourth-order valence-corrected chi connectivity index (χ4v) is 2.41. The summed E-state index contributed by atoms with van der Waals surface area (Å²) in [6, 6.07) is 17.8. The van der Waals surface area contributed by atoms with E-state index in [4.69, 9.17) is 4.74 Å². The summed E-state index contributed by atoms with van der Waals surface area (Å²) < 4.78 is 5.17. The maximum absolute atomic E-state index is 10.4. The van der Waals surface area contributed by atoms with Gasteiger partial charge in [0.15, 0.2) is 0 Å². The summed E-state index contributed by atoms with van der Waals surface area (Å²) in [4.78, 5) is 0. The summed E-state index contributed by atoms with van der Waals surface area (Å²) >= 11 is 0. The van der Waals surface area contributed by atoms with E-state index in [1.165, 1.54) is 5.56 Å². The fourth-order valence-electron chi connectivity index (χ4n) is 2.41. The van der Waals surface area contributed by atoms with E-state index in [2.05, 4.69) is 12.2 Å². The number of methoxy groups -OCH3 is 1. The molecule has 0 bridgehead atoms. The first-order valence-electron chi connectivity index (χ1n) is 7.25. The molecule has 2 aromatic carbocycles. The van der Waals surface area contributed by atoms with Crippen molar-refractivity contribution in [2.75, 3.05) is 7.11 Å². The third-order valence-corrected chi connectivity index (χ3v) is 3.74. The summed E-state index contributed by atoms with van der Waals surface area (Å²) in [7, 11) is 1.66. The van der Waals surface area contributed by atoms with Crippen LogP contribution in [0.25, 0.3) is 0 Å². The molecule has 0 spiro atoms. The highest BCUT2D eigenvalue weighted by Gasteiger charge is 2.18. The van der Waals surface area contributed by atoms with Crippen LogP contribution >= 0.6 is 12.4 Å². The summed E-state index contributed by atoms with van der Waals surface area (Å²) in [5.41, 5.74) is 2.10. The normalized spacial score (nSPS) is 14.5. The Morgan fingerprint density at radius 1 is 0.909 bits per heavy atom. The van der Waals surface area contributed by atoms with Crippen LogP contribution < -0.4 is 10.1 Å². The van der Waals surface area contributed by atoms with E-state index in [1.807, 2.05) is 61.5 Å². The van der Waals surface area contributed by atoms with Gasteiger partial charge in [0, 0.05) is 12.1 Å². The van der Waals surface area contributed by atoms with E-state index in [-0.39, 0.29) is 24.5 Å². The molecule has 0 aromatic heterocycles. The highest BCUT2D eigenvalue weighted by molar-refractivity contribution is 5.85. The molecule has 120 valence electrons. The Morgan fingerprint density at radius 3 is 2.05 bits per heavy atom. The van der Waals surface area contributed by atoms with Crippen molar-refractivity contribution in [3.05, 3.63) is 65.7 Å². The molecule has 0 aliphatic heterocycles. The predicted molar refractivity (Wildman–Crippen MR) is 92.7 cm³/mol. The lowest BCUT2D eigenvalue weighted by molar-refractivity contribution is 0.130. The Hall–Kier alpha value is -1.55. The molecule has 0 saturated heterocycles. The van der Waals surface area contributed by atoms with E-state index in [0.29, 0.717) is 0 Å². The first kappa shape index (κ1) is 18.5. The van der Waals surface area contributed by atoms with Crippen LogP contribution in [0.1, 0.15) is 37.1 Å². The molecule has 0 radical (unpaired) electrons. The van der Waals surface area contributed by atoms with Crippen molar-refractivity contribution in [3.8, 4) is 5.75 Å². The van der Waals surface area contributed by atoms with E-state index in [1.54, 1.807) is 7.11 Å². The quantitative estimate of drug-likeness (QED) is 0.848. The molecule has 0 saturated carbocycles. The van der Waals surface area contributed by atoms with Gasteiger partial charge in [-0.05, 0) is 37.1 Å². The SMILES string of the molecule is COc1ccc([C@H](C)N[C@H](C)[C@@H](O)c2ccccc2)cc1.Cl. The van der Waals surface area contributed by atoms with Crippen molar-refractivity contribution in [3.63, 3.8) is 0 Å². The number of hydrogen-bond acceptors (Lipinski definition) is 3. The fraction of sp³-hybridized carbons (Fsp3) is 0.333. The van der Waals surface area contributed by atoms with Gasteiger partial charge in [-0.3, -0.25) is 0 Å². The molecular weight excluding hydrogens is 298 g/mol. The molecule has 0 amide bonds. The smallest absolute Gasteiger partial charge is 0.118 e. The predicted octanol–water partition coefficient (Wildman–Crippen LogP) is 3.89. The Kier molecular flexibility index (Phi) is 7.39. The van der Waals surface area contributed by atoms with E-state index in [0.717, 1.165) is 11.3 Å². The molecule has 3 nitrogen and oxygen atoms in total. The highest BCUT2D eigenvalue weighted by atomic mass is 35.5. The van der Waals surface area contributed by atoms with Crippen molar-refractivity contribution >= 4 is 12.4 Å². The van der Waals surface area contributed by atoms with Crippen molar-refractivity contribution in [2.45, 2.75) is 32.0 Å². The topological polar surface area (TPSA) is 41.5 Å². The number of ether oxygens (including phenoxy) is 1. The zero-order valence-corrected chi connectivity index (χ0v) is 14.0. The molecule has 2 N–H and O–H groups in total. The van der Waals surface area contributed by atoms with Crippen molar-refractivity contribution in [2.24, 2.45) is 0 Å². The third kappa shape index (κ3) is 4.73. The molecule has 0 fully saturated rings. The van der Waals surface area contributed by atoms with Crippen molar-refractivity contribution in [1.29, 1.82) is 0 Å². The van der Waals surface area contributed by atoms with Crippen LogP contribution in [0.15, 0.2) is 54.6 Å². The second-order valence-electron chi connectivity index (χ2n) is 5.31. The lowest BCUT2D eigenvalue weighted by Gasteiger charge is -2.25. The monoisotopic (exact) mass is 321 g/mol. The molecule has 3 atom stereocenters. The lowest BCUT2D eigenvalue weighted by atomic mass is 10.0. The van der Waals surface area contributed by atoms with Crippen LogP contribution in [0.4, 0.5) is 0 Å². The van der Waals surface area contributed by atoms with Crippen LogP contribution in [-0.2, 0) is 0 Å². The molecule has 0 unspecified atom stereocenters. The molecule has 0 aliphatic carbocycles. The van der Waals surface area contributed by atoms with E-state index < -0.39 is 6.10 Å². The molecule has 22 heavy (non-hydrogen) atoms. The Balaban J connectivity index is 0.00000242. The number of aliphatic hydroxyl groups is 1. The molecule has 4 heteroatoms. The minimum absolute atomic E-state index is 0. The van der Waals surface area contributed by atoms with Crippen LogP contribution in [0, 0.1) is 0 Å². The molecule has 0 heterocycles. The first-order valence-corrected chi connectivity index (χ1v) is 7.25. The minimum Gasteiger partial charge on any atom is -0.497 e. The summed E-state index contributed by atoms with van der Waals surface area (Å²) in [6.45, 7) is 4.09. The van der Waals surface area contributed by atoms with Gasteiger partial charge in [0.25, 0.3) is 0 Å². The second-order valence-corrected chi connectivity index (χ2v) is 5.31.